The van der Waals surface area contributed by atoms with Gasteiger partial charge in [-0.1, -0.05) is 18.2 Å². The number of phenolic OH excluding ortho intramolecular Hbond substituents is 1. The molecular formula is C21H23FN2O4. The number of benzene rings is 2. The van der Waals surface area contributed by atoms with Gasteiger partial charge in [-0.2, -0.15) is 0 Å². The minimum absolute atomic E-state index is 0.115. The van der Waals surface area contributed by atoms with E-state index in [4.69, 9.17) is 4.74 Å². The van der Waals surface area contributed by atoms with E-state index in [1.807, 2.05) is 6.92 Å². The fourth-order valence-corrected chi connectivity index (χ4v) is 3.33. The number of phenols is 1. The Bertz CT molecular complexity index is 871. The molecule has 2 N–H and O–H groups in total. The van der Waals surface area contributed by atoms with Crippen molar-refractivity contribution in [1.82, 2.24) is 10.2 Å². The van der Waals surface area contributed by atoms with E-state index >= 15 is 0 Å². The maximum absolute atomic E-state index is 13.4. The molecule has 0 aliphatic carbocycles. The summed E-state index contributed by atoms with van der Waals surface area (Å²) in [6, 6.07) is 10.4. The fraction of sp³-hybridized carbons (Fsp3) is 0.333. The van der Waals surface area contributed by atoms with Crippen LogP contribution in [0, 0.1) is 5.82 Å². The molecule has 0 radical (unpaired) electrons. The lowest BCUT2D eigenvalue weighted by molar-refractivity contribution is -0.125. The molecule has 1 atom stereocenters. The van der Waals surface area contributed by atoms with Crippen LogP contribution >= 0.6 is 0 Å². The predicted molar refractivity (Wildman–Crippen MR) is 102 cm³/mol. The molecule has 1 aliphatic heterocycles. The Kier molecular flexibility index (Phi) is 6.13. The Labute approximate surface area is 162 Å². The van der Waals surface area contributed by atoms with Crippen molar-refractivity contribution in [3.8, 4) is 11.5 Å². The zero-order valence-electron chi connectivity index (χ0n) is 15.7. The van der Waals surface area contributed by atoms with Gasteiger partial charge in [-0.05, 0) is 49.6 Å². The van der Waals surface area contributed by atoms with Crippen LogP contribution in [0.25, 0.3) is 0 Å². The first kappa shape index (κ1) is 19.7. The standard InChI is InChI=1S/C21H23FN2O4/c1-2-28-19-8-4-3-6-15(19)21(27)24-11-5-7-17(24)20(26)23-13-14-9-10-18(25)16(22)12-14/h3-4,6,8-10,12,17,25H,2,5,7,11,13H2,1H3,(H,23,26). The molecule has 0 aromatic heterocycles. The molecule has 2 aromatic rings. The SMILES string of the molecule is CCOc1ccccc1C(=O)N1CCCC1C(=O)NCc1ccc(O)c(F)c1. The molecule has 0 saturated carbocycles. The first-order valence-electron chi connectivity index (χ1n) is 9.29. The predicted octanol–water partition coefficient (Wildman–Crippen LogP) is 2.85. The molecule has 0 bridgehead atoms. The summed E-state index contributed by atoms with van der Waals surface area (Å²) in [4.78, 5) is 27.2. The number of nitrogens with zero attached hydrogens (tertiary/aromatic N) is 1. The van der Waals surface area contributed by atoms with Crippen LogP contribution in [0.3, 0.4) is 0 Å². The molecule has 7 heteroatoms. The molecule has 1 unspecified atom stereocenters. The number of carbonyl (C=O) groups is 2. The Morgan fingerprint density at radius 2 is 2.07 bits per heavy atom. The Hall–Kier alpha value is -3.09. The lowest BCUT2D eigenvalue weighted by Gasteiger charge is -2.25. The van der Waals surface area contributed by atoms with E-state index in [1.54, 1.807) is 29.2 Å². The van der Waals surface area contributed by atoms with E-state index in [0.29, 0.717) is 36.4 Å². The van der Waals surface area contributed by atoms with Gasteiger partial charge in [0.05, 0.1) is 12.2 Å². The quantitative estimate of drug-likeness (QED) is 0.800. The Morgan fingerprint density at radius 3 is 2.82 bits per heavy atom. The van der Waals surface area contributed by atoms with Gasteiger partial charge in [0.2, 0.25) is 5.91 Å². The van der Waals surface area contributed by atoms with Crippen molar-refractivity contribution in [3.05, 3.63) is 59.4 Å². The van der Waals surface area contributed by atoms with Gasteiger partial charge < -0.3 is 20.1 Å². The van der Waals surface area contributed by atoms with E-state index in [9.17, 15) is 19.1 Å². The number of likely N-dealkylation sites (tertiary alicyclic amines) is 1. The number of aromatic hydroxyl groups is 1. The van der Waals surface area contributed by atoms with Gasteiger partial charge in [-0.15, -0.1) is 0 Å². The highest BCUT2D eigenvalue weighted by Gasteiger charge is 2.35. The lowest BCUT2D eigenvalue weighted by Crippen LogP contribution is -2.45. The summed E-state index contributed by atoms with van der Waals surface area (Å²) in [5, 5.41) is 12.0. The molecule has 1 saturated heterocycles. The van der Waals surface area contributed by atoms with Crippen LogP contribution in [0.4, 0.5) is 4.39 Å². The van der Waals surface area contributed by atoms with Crippen molar-refractivity contribution in [1.29, 1.82) is 0 Å². The van der Waals surface area contributed by atoms with Gasteiger partial charge in [0.1, 0.15) is 11.8 Å². The molecule has 148 valence electrons. The zero-order valence-corrected chi connectivity index (χ0v) is 15.7. The summed E-state index contributed by atoms with van der Waals surface area (Å²) in [5.74, 6) is -1.20. The summed E-state index contributed by atoms with van der Waals surface area (Å²) in [6.45, 7) is 2.90. The first-order chi connectivity index (χ1) is 13.5. The molecule has 2 amide bonds. The van der Waals surface area contributed by atoms with E-state index < -0.39 is 17.6 Å². The third kappa shape index (κ3) is 4.24. The fourth-order valence-electron chi connectivity index (χ4n) is 3.33. The molecule has 2 aromatic carbocycles. The smallest absolute Gasteiger partial charge is 0.258 e. The normalized spacial score (nSPS) is 16.1. The first-order valence-corrected chi connectivity index (χ1v) is 9.29. The average Bonchev–Trinajstić information content (AvgIpc) is 3.19. The number of halogens is 1. The van der Waals surface area contributed by atoms with Crippen LogP contribution in [-0.4, -0.2) is 41.0 Å². The van der Waals surface area contributed by atoms with E-state index in [1.165, 1.54) is 18.2 Å². The Balaban J connectivity index is 1.69. The highest BCUT2D eigenvalue weighted by atomic mass is 19.1. The topological polar surface area (TPSA) is 78.9 Å². The minimum atomic E-state index is -0.739. The van der Waals surface area contributed by atoms with Gasteiger partial charge in [0, 0.05) is 13.1 Å². The number of amides is 2. The number of hydrogen-bond acceptors (Lipinski definition) is 4. The highest BCUT2D eigenvalue weighted by Crippen LogP contribution is 2.25. The van der Waals surface area contributed by atoms with Gasteiger partial charge in [-0.3, -0.25) is 9.59 Å². The molecule has 0 spiro atoms. The number of carbonyl (C=O) groups excluding carboxylic acids is 2. The summed E-state index contributed by atoms with van der Waals surface area (Å²) in [6.07, 6.45) is 1.30. The van der Waals surface area contributed by atoms with Gasteiger partial charge in [-0.25, -0.2) is 4.39 Å². The molecular weight excluding hydrogens is 363 g/mol. The second-order valence-electron chi connectivity index (χ2n) is 6.59. The zero-order chi connectivity index (χ0) is 20.1. The number of rotatable bonds is 6. The molecule has 1 aliphatic rings. The van der Waals surface area contributed by atoms with E-state index in [0.717, 1.165) is 6.42 Å². The van der Waals surface area contributed by atoms with E-state index in [2.05, 4.69) is 5.32 Å². The van der Waals surface area contributed by atoms with Gasteiger partial charge in [0.25, 0.3) is 5.91 Å². The maximum atomic E-state index is 13.4. The van der Waals surface area contributed by atoms with Crippen LogP contribution in [-0.2, 0) is 11.3 Å². The highest BCUT2D eigenvalue weighted by molar-refractivity contribution is 6.00. The van der Waals surface area contributed by atoms with Crippen molar-refractivity contribution in [2.24, 2.45) is 0 Å². The number of ether oxygens (including phenoxy) is 1. The number of hydrogen-bond donors (Lipinski definition) is 2. The van der Waals surface area contributed by atoms with Gasteiger partial charge in [0.15, 0.2) is 11.6 Å². The van der Waals surface area contributed by atoms with Gasteiger partial charge >= 0.3 is 0 Å². The molecule has 3 rings (SSSR count). The van der Waals surface area contributed by atoms with Crippen molar-refractivity contribution >= 4 is 11.8 Å². The van der Waals surface area contributed by atoms with Crippen LogP contribution < -0.4 is 10.1 Å². The van der Waals surface area contributed by atoms with Crippen LogP contribution in [0.5, 0.6) is 11.5 Å². The summed E-state index contributed by atoms with van der Waals surface area (Å²) in [7, 11) is 0. The summed E-state index contributed by atoms with van der Waals surface area (Å²) >= 11 is 0. The Morgan fingerprint density at radius 1 is 1.29 bits per heavy atom. The second-order valence-corrected chi connectivity index (χ2v) is 6.59. The number of para-hydroxylation sites is 1. The number of nitrogens with one attached hydrogen (secondary N) is 1. The monoisotopic (exact) mass is 386 g/mol. The van der Waals surface area contributed by atoms with Crippen molar-refractivity contribution in [2.75, 3.05) is 13.2 Å². The molecule has 1 heterocycles. The van der Waals surface area contributed by atoms with E-state index in [-0.39, 0.29) is 18.4 Å². The van der Waals surface area contributed by atoms with Crippen LogP contribution in [0.2, 0.25) is 0 Å². The van der Waals surface area contributed by atoms with Crippen molar-refractivity contribution in [3.63, 3.8) is 0 Å². The third-order valence-electron chi connectivity index (χ3n) is 4.71. The molecule has 28 heavy (non-hydrogen) atoms. The third-order valence-corrected chi connectivity index (χ3v) is 4.71. The van der Waals surface area contributed by atoms with Crippen LogP contribution in [0.15, 0.2) is 42.5 Å². The largest absolute Gasteiger partial charge is 0.505 e. The molecule has 1 fully saturated rings. The minimum Gasteiger partial charge on any atom is -0.505 e. The lowest BCUT2D eigenvalue weighted by atomic mass is 10.1. The van der Waals surface area contributed by atoms with Crippen molar-refractivity contribution in [2.45, 2.75) is 32.4 Å². The molecule has 6 nitrogen and oxygen atoms in total. The maximum Gasteiger partial charge on any atom is 0.258 e. The second kappa shape index (κ2) is 8.73. The van der Waals surface area contributed by atoms with Crippen molar-refractivity contribution < 1.29 is 23.8 Å². The summed E-state index contributed by atoms with van der Waals surface area (Å²) in [5.41, 5.74) is 0.964. The average molecular weight is 386 g/mol. The summed E-state index contributed by atoms with van der Waals surface area (Å²) < 4.78 is 19.0. The van der Waals surface area contributed by atoms with Crippen LogP contribution in [0.1, 0.15) is 35.7 Å².